The summed E-state index contributed by atoms with van der Waals surface area (Å²) in [4.78, 5) is 27.8. The maximum absolute atomic E-state index is 12.7. The van der Waals surface area contributed by atoms with Gasteiger partial charge < -0.3 is 24.6 Å². The summed E-state index contributed by atoms with van der Waals surface area (Å²) in [5.41, 5.74) is 0.911. The van der Waals surface area contributed by atoms with Gasteiger partial charge in [0.25, 0.3) is 0 Å². The van der Waals surface area contributed by atoms with Gasteiger partial charge >= 0.3 is 6.03 Å². The maximum atomic E-state index is 12.7. The number of likely N-dealkylation sites (tertiary alicyclic amines) is 2. The van der Waals surface area contributed by atoms with Gasteiger partial charge in [-0.25, -0.2) is 4.79 Å². The van der Waals surface area contributed by atoms with Gasteiger partial charge in [0, 0.05) is 31.7 Å². The first-order valence-corrected chi connectivity index (χ1v) is 9.23. The standard InChI is InChI=1S/C20H23N3O4/c1-26-16-4-2-3-14(9-16)5-6-15-10-23(11-15)20(25)22-8-7-18-17(12-22)21-19(24)13-27-18/h2-4,9,15,17-18H,7-8,10-13H2,1H3,(H,21,24)/t17-,18+/m1/s1. The minimum absolute atomic E-state index is 0.0182. The third kappa shape index (κ3) is 3.86. The molecule has 1 aromatic rings. The third-order valence-electron chi connectivity index (χ3n) is 5.24. The molecule has 7 nitrogen and oxygen atoms in total. The van der Waals surface area contributed by atoms with Crippen molar-refractivity contribution in [3.8, 4) is 17.6 Å². The number of fused-ring (bicyclic) bond motifs is 1. The van der Waals surface area contributed by atoms with E-state index in [1.165, 1.54) is 0 Å². The zero-order chi connectivity index (χ0) is 18.8. The van der Waals surface area contributed by atoms with Crippen LogP contribution in [0.5, 0.6) is 5.75 Å². The van der Waals surface area contributed by atoms with E-state index in [2.05, 4.69) is 17.2 Å². The third-order valence-corrected chi connectivity index (χ3v) is 5.24. The van der Waals surface area contributed by atoms with Crippen LogP contribution in [0.15, 0.2) is 24.3 Å². The number of rotatable bonds is 1. The highest BCUT2D eigenvalue weighted by atomic mass is 16.5. The molecule has 7 heteroatoms. The monoisotopic (exact) mass is 369 g/mol. The number of carbonyl (C=O) groups excluding carboxylic acids is 2. The molecule has 3 saturated heterocycles. The molecule has 0 bridgehead atoms. The van der Waals surface area contributed by atoms with Crippen LogP contribution in [0.2, 0.25) is 0 Å². The van der Waals surface area contributed by atoms with Gasteiger partial charge in [-0.05, 0) is 24.6 Å². The highest BCUT2D eigenvalue weighted by molar-refractivity contribution is 5.79. The van der Waals surface area contributed by atoms with Crippen molar-refractivity contribution >= 4 is 11.9 Å². The molecule has 4 rings (SSSR count). The Morgan fingerprint density at radius 1 is 1.30 bits per heavy atom. The number of methoxy groups -OCH3 is 1. The molecule has 3 aliphatic rings. The number of urea groups is 1. The number of hydrogen-bond donors (Lipinski definition) is 1. The molecule has 3 aliphatic heterocycles. The van der Waals surface area contributed by atoms with E-state index in [0.717, 1.165) is 17.7 Å². The molecule has 3 fully saturated rings. The second-order valence-corrected chi connectivity index (χ2v) is 7.14. The Morgan fingerprint density at radius 2 is 2.15 bits per heavy atom. The van der Waals surface area contributed by atoms with Gasteiger partial charge in [0.1, 0.15) is 12.4 Å². The number of ether oxygens (including phenoxy) is 2. The normalized spacial score (nSPS) is 24.9. The molecule has 3 amide bonds. The van der Waals surface area contributed by atoms with Crippen molar-refractivity contribution in [2.45, 2.75) is 18.6 Å². The molecule has 3 heterocycles. The summed E-state index contributed by atoms with van der Waals surface area (Å²) in [5.74, 6) is 7.26. The summed E-state index contributed by atoms with van der Waals surface area (Å²) in [6.45, 7) is 2.57. The smallest absolute Gasteiger partial charge is 0.320 e. The van der Waals surface area contributed by atoms with E-state index in [9.17, 15) is 9.59 Å². The lowest BCUT2D eigenvalue weighted by atomic mass is 9.99. The summed E-state index contributed by atoms with van der Waals surface area (Å²) < 4.78 is 10.7. The van der Waals surface area contributed by atoms with E-state index < -0.39 is 0 Å². The predicted octanol–water partition coefficient (Wildman–Crippen LogP) is 0.688. The van der Waals surface area contributed by atoms with Crippen molar-refractivity contribution in [2.75, 3.05) is 39.9 Å². The second-order valence-electron chi connectivity index (χ2n) is 7.14. The van der Waals surface area contributed by atoms with Crippen LogP contribution < -0.4 is 10.1 Å². The predicted molar refractivity (Wildman–Crippen MR) is 98.2 cm³/mol. The molecule has 27 heavy (non-hydrogen) atoms. The van der Waals surface area contributed by atoms with E-state index in [-0.39, 0.29) is 36.6 Å². The first-order chi connectivity index (χ1) is 13.1. The fourth-order valence-corrected chi connectivity index (χ4v) is 3.69. The van der Waals surface area contributed by atoms with Crippen molar-refractivity contribution in [1.29, 1.82) is 0 Å². The average molecular weight is 369 g/mol. The Kier molecular flexibility index (Phi) is 4.90. The highest BCUT2D eigenvalue weighted by Crippen LogP contribution is 2.22. The fraction of sp³-hybridized carbons (Fsp3) is 0.500. The quantitative estimate of drug-likeness (QED) is 0.740. The lowest BCUT2D eigenvalue weighted by Crippen LogP contribution is -2.64. The molecule has 0 aliphatic carbocycles. The Balaban J connectivity index is 1.29. The molecule has 1 N–H and O–H groups in total. The molecule has 0 radical (unpaired) electrons. The lowest BCUT2D eigenvalue weighted by molar-refractivity contribution is -0.139. The van der Waals surface area contributed by atoms with Crippen LogP contribution in [0.4, 0.5) is 4.79 Å². The van der Waals surface area contributed by atoms with Crippen LogP contribution in [0.25, 0.3) is 0 Å². The maximum Gasteiger partial charge on any atom is 0.320 e. The SMILES string of the molecule is COc1cccc(C#CC2CN(C(=O)N3CC[C@@H]4OCC(=O)N[C@@H]4C3)C2)c1. The van der Waals surface area contributed by atoms with Crippen LogP contribution in [-0.2, 0) is 9.53 Å². The first kappa shape index (κ1) is 17.7. The fourth-order valence-electron chi connectivity index (χ4n) is 3.69. The van der Waals surface area contributed by atoms with Gasteiger partial charge in [0.2, 0.25) is 5.91 Å². The number of benzene rings is 1. The van der Waals surface area contributed by atoms with E-state index in [0.29, 0.717) is 26.2 Å². The van der Waals surface area contributed by atoms with Gasteiger partial charge in [-0.3, -0.25) is 4.79 Å². The minimum atomic E-state index is -0.109. The first-order valence-electron chi connectivity index (χ1n) is 9.23. The largest absolute Gasteiger partial charge is 0.497 e. The zero-order valence-electron chi connectivity index (χ0n) is 15.3. The highest BCUT2D eigenvalue weighted by Gasteiger charge is 2.39. The van der Waals surface area contributed by atoms with Crippen molar-refractivity contribution in [2.24, 2.45) is 5.92 Å². The number of hydrogen-bond acceptors (Lipinski definition) is 4. The molecular weight excluding hydrogens is 346 g/mol. The molecule has 2 atom stereocenters. The van der Waals surface area contributed by atoms with Crippen molar-refractivity contribution < 1.29 is 19.1 Å². The minimum Gasteiger partial charge on any atom is -0.497 e. The summed E-state index contributed by atoms with van der Waals surface area (Å²) in [6, 6.07) is 7.57. The molecule has 0 aromatic heterocycles. The summed E-state index contributed by atoms with van der Waals surface area (Å²) in [6.07, 6.45) is 0.772. The number of piperidine rings is 1. The average Bonchev–Trinajstić information content (AvgIpc) is 2.66. The summed E-state index contributed by atoms with van der Waals surface area (Å²) in [5, 5.41) is 2.93. The van der Waals surface area contributed by atoms with E-state index in [4.69, 9.17) is 9.47 Å². The molecule has 0 unspecified atom stereocenters. The van der Waals surface area contributed by atoms with Gasteiger partial charge in [0.05, 0.1) is 25.2 Å². The van der Waals surface area contributed by atoms with Crippen molar-refractivity contribution in [1.82, 2.24) is 15.1 Å². The number of amides is 3. The van der Waals surface area contributed by atoms with Gasteiger partial charge in [0.15, 0.2) is 0 Å². The molecule has 1 aromatic carbocycles. The van der Waals surface area contributed by atoms with Crippen LogP contribution in [-0.4, -0.2) is 73.8 Å². The van der Waals surface area contributed by atoms with Crippen LogP contribution in [0, 0.1) is 17.8 Å². The number of nitrogens with zero attached hydrogens (tertiary/aromatic N) is 2. The Morgan fingerprint density at radius 3 is 2.96 bits per heavy atom. The zero-order valence-corrected chi connectivity index (χ0v) is 15.3. The van der Waals surface area contributed by atoms with Gasteiger partial charge in [-0.1, -0.05) is 17.9 Å². The van der Waals surface area contributed by atoms with Crippen LogP contribution in [0.3, 0.4) is 0 Å². The topological polar surface area (TPSA) is 71.1 Å². The van der Waals surface area contributed by atoms with E-state index in [1.807, 2.05) is 34.1 Å². The summed E-state index contributed by atoms with van der Waals surface area (Å²) in [7, 11) is 1.63. The summed E-state index contributed by atoms with van der Waals surface area (Å²) >= 11 is 0. The molecular formula is C20H23N3O4. The second kappa shape index (κ2) is 7.49. The van der Waals surface area contributed by atoms with Gasteiger partial charge in [-0.15, -0.1) is 0 Å². The van der Waals surface area contributed by atoms with E-state index in [1.54, 1.807) is 7.11 Å². The van der Waals surface area contributed by atoms with Crippen molar-refractivity contribution in [3.63, 3.8) is 0 Å². The molecule has 0 spiro atoms. The van der Waals surface area contributed by atoms with E-state index >= 15 is 0 Å². The Labute approximate surface area is 158 Å². The van der Waals surface area contributed by atoms with Crippen LogP contribution in [0.1, 0.15) is 12.0 Å². The Hall–Kier alpha value is -2.72. The molecule has 0 saturated carbocycles. The number of nitrogens with one attached hydrogen (secondary N) is 1. The number of carbonyl (C=O) groups is 2. The molecule has 142 valence electrons. The van der Waals surface area contributed by atoms with Crippen LogP contribution >= 0.6 is 0 Å². The van der Waals surface area contributed by atoms with Crippen molar-refractivity contribution in [3.05, 3.63) is 29.8 Å². The van der Waals surface area contributed by atoms with Gasteiger partial charge in [-0.2, -0.15) is 0 Å². The Bertz CT molecular complexity index is 794. The lowest BCUT2D eigenvalue weighted by Gasteiger charge is -2.45. The number of morpholine rings is 1.